The average molecular weight is 191 g/mol. The molecule has 0 fully saturated rings. The number of esters is 1. The molecule has 0 amide bonds. The monoisotopic (exact) mass is 190 g/mol. The summed E-state index contributed by atoms with van der Waals surface area (Å²) in [6.07, 6.45) is 0.817. The second-order valence-electron chi connectivity index (χ2n) is 1.92. The summed E-state index contributed by atoms with van der Waals surface area (Å²) in [5.41, 5.74) is 0.696. The molecule has 50 valence electrons. The molecule has 9 heavy (non-hydrogen) atoms. The van der Waals surface area contributed by atoms with E-state index < -0.39 is 0 Å². The number of hydrogen-bond acceptors (Lipinski definition) is 2. The van der Waals surface area contributed by atoms with Gasteiger partial charge in [-0.05, 0) is 6.92 Å². The Morgan fingerprint density at radius 2 is 2.33 bits per heavy atom. The lowest BCUT2D eigenvalue weighted by molar-refractivity contribution is -0.139. The Bertz CT molecular complexity index is 172. The van der Waals surface area contributed by atoms with Crippen LogP contribution in [0.5, 0.6) is 0 Å². The van der Waals surface area contributed by atoms with Crippen LogP contribution in [-0.2, 0) is 9.53 Å². The van der Waals surface area contributed by atoms with E-state index in [1.807, 2.05) is 0 Å². The second kappa shape index (κ2) is 2.52. The van der Waals surface area contributed by atoms with Crippen molar-refractivity contribution in [1.29, 1.82) is 0 Å². The summed E-state index contributed by atoms with van der Waals surface area (Å²) < 4.78 is 5.70. The van der Waals surface area contributed by atoms with E-state index in [2.05, 4.69) is 15.9 Å². The van der Waals surface area contributed by atoms with E-state index in [1.165, 1.54) is 0 Å². The summed E-state index contributed by atoms with van der Waals surface area (Å²) >= 11 is 3.27. The molecule has 3 heteroatoms. The van der Waals surface area contributed by atoms with E-state index in [0.717, 1.165) is 10.9 Å². The molecule has 0 bridgehead atoms. The maximum absolute atomic E-state index is 10.7. The zero-order valence-corrected chi connectivity index (χ0v) is 6.69. The molecule has 0 aromatic rings. The number of halogens is 1. The molecule has 0 spiro atoms. The van der Waals surface area contributed by atoms with Crippen LogP contribution in [0, 0.1) is 0 Å². The number of rotatable bonds is 0. The summed E-state index contributed by atoms with van der Waals surface area (Å²) in [6, 6.07) is 0. The van der Waals surface area contributed by atoms with Gasteiger partial charge in [0.25, 0.3) is 0 Å². The normalized spacial score (nSPS) is 20.0. The number of carbonyl (C=O) groups excluding carboxylic acids is 1. The van der Waals surface area contributed by atoms with Crippen LogP contribution in [0.4, 0.5) is 0 Å². The first-order chi connectivity index (χ1) is 4.22. The largest absolute Gasteiger partial charge is 0.462 e. The van der Waals surface area contributed by atoms with Crippen LogP contribution in [0.2, 0.25) is 0 Å². The summed E-state index contributed by atoms with van der Waals surface area (Å²) in [7, 11) is 0. The molecule has 0 unspecified atom stereocenters. The molecular formula is C6H7BrO2. The van der Waals surface area contributed by atoms with Crippen molar-refractivity contribution in [3.8, 4) is 0 Å². The van der Waals surface area contributed by atoms with E-state index in [-0.39, 0.29) is 5.97 Å². The number of carbonyl (C=O) groups is 1. The van der Waals surface area contributed by atoms with Gasteiger partial charge in [0.1, 0.15) is 0 Å². The lowest BCUT2D eigenvalue weighted by atomic mass is 10.2. The Morgan fingerprint density at radius 1 is 1.67 bits per heavy atom. The Morgan fingerprint density at radius 3 is 2.78 bits per heavy atom. The van der Waals surface area contributed by atoms with Gasteiger partial charge in [-0.25, -0.2) is 4.79 Å². The lowest BCUT2D eigenvalue weighted by Gasteiger charge is -2.11. The Kier molecular flexibility index (Phi) is 1.90. The van der Waals surface area contributed by atoms with Gasteiger partial charge >= 0.3 is 5.97 Å². The molecule has 0 radical (unpaired) electrons. The van der Waals surface area contributed by atoms with Crippen LogP contribution in [-0.4, -0.2) is 12.6 Å². The second-order valence-corrected chi connectivity index (χ2v) is 2.87. The standard InChI is InChI=1S/C6H7BrO2/c1-4-5(7)2-3-9-6(4)8/h2-3H2,1H3. The van der Waals surface area contributed by atoms with Crippen LogP contribution in [0.15, 0.2) is 10.1 Å². The third-order valence-corrected chi connectivity index (χ3v) is 2.26. The van der Waals surface area contributed by atoms with Gasteiger partial charge in [-0.15, -0.1) is 0 Å². The van der Waals surface area contributed by atoms with E-state index in [0.29, 0.717) is 12.2 Å². The van der Waals surface area contributed by atoms with Crippen LogP contribution < -0.4 is 0 Å². The maximum Gasteiger partial charge on any atom is 0.334 e. The first-order valence-electron chi connectivity index (χ1n) is 2.74. The van der Waals surface area contributed by atoms with Crippen LogP contribution in [0.25, 0.3) is 0 Å². The minimum atomic E-state index is -0.201. The molecule has 0 aromatic carbocycles. The topological polar surface area (TPSA) is 26.3 Å². The van der Waals surface area contributed by atoms with Gasteiger partial charge in [-0.3, -0.25) is 0 Å². The molecule has 1 rings (SSSR count). The minimum Gasteiger partial charge on any atom is -0.462 e. The average Bonchev–Trinajstić information content (AvgIpc) is 1.83. The van der Waals surface area contributed by atoms with Gasteiger partial charge in [0, 0.05) is 16.5 Å². The Balaban J connectivity index is 2.84. The zero-order chi connectivity index (χ0) is 6.85. The van der Waals surface area contributed by atoms with E-state index in [9.17, 15) is 4.79 Å². The van der Waals surface area contributed by atoms with Crippen molar-refractivity contribution in [1.82, 2.24) is 0 Å². The number of ether oxygens (including phenoxy) is 1. The summed E-state index contributed by atoms with van der Waals surface area (Å²) in [5, 5.41) is 0. The van der Waals surface area contributed by atoms with Crippen molar-refractivity contribution >= 4 is 21.9 Å². The van der Waals surface area contributed by atoms with E-state index in [4.69, 9.17) is 4.74 Å². The third-order valence-electron chi connectivity index (χ3n) is 1.27. The third kappa shape index (κ3) is 1.33. The van der Waals surface area contributed by atoms with Gasteiger partial charge in [-0.2, -0.15) is 0 Å². The van der Waals surface area contributed by atoms with Gasteiger partial charge in [0.05, 0.1) is 6.61 Å². The smallest absolute Gasteiger partial charge is 0.334 e. The summed E-state index contributed by atoms with van der Waals surface area (Å²) in [4.78, 5) is 10.7. The van der Waals surface area contributed by atoms with Crippen LogP contribution in [0.1, 0.15) is 13.3 Å². The molecule has 0 N–H and O–H groups in total. The summed E-state index contributed by atoms with van der Waals surface area (Å²) in [6.45, 7) is 2.27. The van der Waals surface area contributed by atoms with Crippen LogP contribution in [0.3, 0.4) is 0 Å². The van der Waals surface area contributed by atoms with Crippen molar-refractivity contribution in [3.63, 3.8) is 0 Å². The quantitative estimate of drug-likeness (QED) is 0.543. The SMILES string of the molecule is CC1=C(Br)CCOC1=O. The van der Waals surface area contributed by atoms with E-state index in [1.54, 1.807) is 6.92 Å². The summed E-state index contributed by atoms with van der Waals surface area (Å²) in [5.74, 6) is -0.201. The Labute approximate surface area is 62.0 Å². The van der Waals surface area contributed by atoms with Gasteiger partial charge < -0.3 is 4.74 Å². The van der Waals surface area contributed by atoms with Gasteiger partial charge in [0.2, 0.25) is 0 Å². The highest BCUT2D eigenvalue weighted by molar-refractivity contribution is 9.11. The molecule has 1 heterocycles. The van der Waals surface area contributed by atoms with Gasteiger partial charge in [-0.1, -0.05) is 15.9 Å². The van der Waals surface area contributed by atoms with Crippen molar-refractivity contribution in [2.45, 2.75) is 13.3 Å². The fourth-order valence-electron chi connectivity index (χ4n) is 0.640. The highest BCUT2D eigenvalue weighted by Crippen LogP contribution is 2.21. The first kappa shape index (κ1) is 6.81. The Hall–Kier alpha value is -0.310. The molecule has 1 aliphatic heterocycles. The molecule has 0 aliphatic carbocycles. The fraction of sp³-hybridized carbons (Fsp3) is 0.500. The number of hydrogen-bond donors (Lipinski definition) is 0. The molecular weight excluding hydrogens is 184 g/mol. The molecule has 0 atom stereocenters. The van der Waals surface area contributed by atoms with Crippen molar-refractivity contribution < 1.29 is 9.53 Å². The molecule has 0 aromatic heterocycles. The molecule has 0 saturated heterocycles. The fourth-order valence-corrected chi connectivity index (χ4v) is 0.964. The lowest BCUT2D eigenvalue weighted by Crippen LogP contribution is -2.13. The molecule has 1 aliphatic rings. The minimum absolute atomic E-state index is 0.201. The van der Waals surface area contributed by atoms with Crippen LogP contribution >= 0.6 is 15.9 Å². The highest BCUT2D eigenvalue weighted by Gasteiger charge is 2.15. The first-order valence-corrected chi connectivity index (χ1v) is 3.53. The van der Waals surface area contributed by atoms with Gasteiger partial charge in [0.15, 0.2) is 0 Å². The molecule has 0 saturated carbocycles. The maximum atomic E-state index is 10.7. The predicted octanol–water partition coefficient (Wildman–Crippen LogP) is 1.60. The van der Waals surface area contributed by atoms with Crippen molar-refractivity contribution in [2.24, 2.45) is 0 Å². The predicted molar refractivity (Wildman–Crippen MR) is 37.2 cm³/mol. The highest BCUT2D eigenvalue weighted by atomic mass is 79.9. The molecule has 2 nitrogen and oxygen atoms in total. The van der Waals surface area contributed by atoms with Crippen molar-refractivity contribution in [2.75, 3.05) is 6.61 Å². The van der Waals surface area contributed by atoms with E-state index >= 15 is 0 Å². The zero-order valence-electron chi connectivity index (χ0n) is 5.11. The van der Waals surface area contributed by atoms with Crippen molar-refractivity contribution in [3.05, 3.63) is 10.1 Å². The number of cyclic esters (lactones) is 1.